The third-order valence-electron chi connectivity index (χ3n) is 5.73. The molecule has 0 radical (unpaired) electrons. The lowest BCUT2D eigenvalue weighted by Crippen LogP contribution is -2.42. The van der Waals surface area contributed by atoms with E-state index in [4.69, 9.17) is 16.7 Å². The third kappa shape index (κ3) is 8.36. The molecule has 3 aromatic rings. The second kappa shape index (κ2) is 13.5. The zero-order valence-electron chi connectivity index (χ0n) is 20.8. The molecule has 0 saturated heterocycles. The molecule has 1 amide bonds. The SMILES string of the molecule is O=C(O)CC(NC(=O)c1ccc(CNS(=O)(=O)c2ccc(O)c(C(=O)O)c2)s1)C(=O)CCCc1ccccc1Cl. The summed E-state index contributed by atoms with van der Waals surface area (Å²) < 4.78 is 27.5. The molecule has 5 N–H and O–H groups in total. The molecule has 0 spiro atoms. The zero-order valence-corrected chi connectivity index (χ0v) is 23.2. The van der Waals surface area contributed by atoms with Gasteiger partial charge in [0.2, 0.25) is 10.0 Å². The van der Waals surface area contributed by atoms with Crippen molar-refractivity contribution in [3.8, 4) is 5.75 Å². The Balaban J connectivity index is 1.61. The Morgan fingerprint density at radius 2 is 1.73 bits per heavy atom. The van der Waals surface area contributed by atoms with Gasteiger partial charge in [0.15, 0.2) is 5.78 Å². The van der Waals surface area contributed by atoms with Gasteiger partial charge in [-0.1, -0.05) is 29.8 Å². The summed E-state index contributed by atoms with van der Waals surface area (Å²) in [5.74, 6) is -4.47. The number of halogens is 1. The quantitative estimate of drug-likeness (QED) is 0.183. The number of phenols is 1. The first kappa shape index (κ1) is 30.8. The maximum absolute atomic E-state index is 12.8. The zero-order chi connectivity index (χ0) is 29.4. The predicted molar refractivity (Wildman–Crippen MR) is 146 cm³/mol. The Labute approximate surface area is 238 Å². The van der Waals surface area contributed by atoms with Gasteiger partial charge in [-0.05, 0) is 54.8 Å². The van der Waals surface area contributed by atoms with Crippen LogP contribution in [0.25, 0.3) is 0 Å². The van der Waals surface area contributed by atoms with Crippen molar-refractivity contribution >= 4 is 56.6 Å². The fourth-order valence-corrected chi connectivity index (χ4v) is 5.88. The van der Waals surface area contributed by atoms with E-state index in [1.807, 2.05) is 12.1 Å². The Hall–Kier alpha value is -3.78. The molecule has 40 heavy (non-hydrogen) atoms. The minimum Gasteiger partial charge on any atom is -0.507 e. The van der Waals surface area contributed by atoms with E-state index in [1.54, 1.807) is 12.1 Å². The number of Topliss-reactive ketones (excluding diaryl/α,β-unsaturated/α-hetero) is 1. The van der Waals surface area contributed by atoms with Crippen LogP contribution in [0.3, 0.4) is 0 Å². The van der Waals surface area contributed by atoms with E-state index in [-0.39, 0.29) is 22.7 Å². The van der Waals surface area contributed by atoms with Crippen LogP contribution in [0.5, 0.6) is 5.75 Å². The number of aliphatic carboxylic acids is 1. The molecule has 1 aromatic heterocycles. The molecule has 0 fully saturated rings. The van der Waals surface area contributed by atoms with E-state index in [2.05, 4.69) is 10.0 Å². The van der Waals surface area contributed by atoms with Crippen molar-refractivity contribution in [2.24, 2.45) is 0 Å². The average molecular weight is 609 g/mol. The van der Waals surface area contributed by atoms with Crippen LogP contribution in [-0.2, 0) is 32.6 Å². The van der Waals surface area contributed by atoms with Crippen LogP contribution in [0.4, 0.5) is 0 Å². The number of hydrogen-bond acceptors (Lipinski definition) is 8. The van der Waals surface area contributed by atoms with Crippen LogP contribution >= 0.6 is 22.9 Å². The first-order chi connectivity index (χ1) is 18.9. The van der Waals surface area contributed by atoms with Crippen molar-refractivity contribution in [1.29, 1.82) is 0 Å². The minimum absolute atomic E-state index is 0.0295. The maximum Gasteiger partial charge on any atom is 0.339 e. The number of ketones is 1. The van der Waals surface area contributed by atoms with E-state index in [0.29, 0.717) is 22.7 Å². The second-order valence-corrected chi connectivity index (χ2v) is 12.0. The molecule has 0 aliphatic rings. The Morgan fingerprint density at radius 3 is 2.40 bits per heavy atom. The largest absolute Gasteiger partial charge is 0.507 e. The van der Waals surface area contributed by atoms with Gasteiger partial charge in [0, 0.05) is 22.9 Å². The van der Waals surface area contributed by atoms with E-state index < -0.39 is 57.4 Å². The summed E-state index contributed by atoms with van der Waals surface area (Å²) in [5.41, 5.74) is 0.276. The number of aromatic carboxylic acids is 1. The molecule has 11 nitrogen and oxygen atoms in total. The first-order valence-electron chi connectivity index (χ1n) is 11.8. The van der Waals surface area contributed by atoms with Gasteiger partial charge in [0.05, 0.1) is 22.2 Å². The highest BCUT2D eigenvalue weighted by Crippen LogP contribution is 2.23. The molecular weight excluding hydrogens is 584 g/mol. The number of benzene rings is 2. The van der Waals surface area contributed by atoms with Gasteiger partial charge in [-0.25, -0.2) is 17.9 Å². The van der Waals surface area contributed by atoms with Crippen LogP contribution in [0.1, 0.15) is 49.7 Å². The Bertz CT molecular complexity index is 1540. The summed E-state index contributed by atoms with van der Waals surface area (Å²) in [5, 5.41) is 30.9. The number of amides is 1. The van der Waals surface area contributed by atoms with Gasteiger partial charge in [-0.3, -0.25) is 14.4 Å². The molecule has 1 atom stereocenters. The highest BCUT2D eigenvalue weighted by atomic mass is 35.5. The summed E-state index contributed by atoms with van der Waals surface area (Å²) in [7, 11) is -4.15. The van der Waals surface area contributed by atoms with Crippen molar-refractivity contribution in [3.05, 3.63) is 80.5 Å². The lowest BCUT2D eigenvalue weighted by atomic mass is 10.0. The average Bonchev–Trinajstić information content (AvgIpc) is 3.37. The fourth-order valence-electron chi connectivity index (χ4n) is 3.68. The number of carbonyl (C=O) groups is 4. The molecule has 1 unspecified atom stereocenters. The van der Waals surface area contributed by atoms with Gasteiger partial charge >= 0.3 is 11.9 Å². The van der Waals surface area contributed by atoms with E-state index in [0.717, 1.165) is 35.1 Å². The summed E-state index contributed by atoms with van der Waals surface area (Å²) in [6, 6.07) is 11.6. The van der Waals surface area contributed by atoms with Crippen molar-refractivity contribution in [2.45, 2.75) is 43.2 Å². The predicted octanol–water partition coefficient (Wildman–Crippen LogP) is 3.45. The van der Waals surface area contributed by atoms with Gasteiger partial charge in [0.25, 0.3) is 5.91 Å². The third-order valence-corrected chi connectivity index (χ3v) is 8.58. The number of thiophene rings is 1. The second-order valence-electron chi connectivity index (χ2n) is 8.61. The number of sulfonamides is 1. The smallest absolute Gasteiger partial charge is 0.339 e. The Kier molecular flexibility index (Phi) is 10.4. The number of carboxylic acid groups (broad SMARTS) is 2. The van der Waals surface area contributed by atoms with Crippen LogP contribution in [0, 0.1) is 0 Å². The molecule has 14 heteroatoms. The van der Waals surface area contributed by atoms with Crippen molar-refractivity contribution < 1.29 is 42.9 Å². The molecule has 3 rings (SSSR count). The van der Waals surface area contributed by atoms with Crippen LogP contribution in [-0.4, -0.2) is 53.4 Å². The van der Waals surface area contributed by atoms with Gasteiger partial charge in [-0.2, -0.15) is 0 Å². The van der Waals surface area contributed by atoms with Gasteiger partial charge in [-0.15, -0.1) is 11.3 Å². The van der Waals surface area contributed by atoms with Crippen LogP contribution in [0.15, 0.2) is 59.5 Å². The highest BCUT2D eigenvalue weighted by molar-refractivity contribution is 7.89. The molecule has 1 heterocycles. The monoisotopic (exact) mass is 608 g/mol. The molecule has 0 saturated carbocycles. The molecule has 212 valence electrons. The Morgan fingerprint density at radius 1 is 1.00 bits per heavy atom. The number of rotatable bonds is 14. The summed E-state index contributed by atoms with van der Waals surface area (Å²) in [6.07, 6.45) is 0.347. The molecular formula is C26H25ClN2O9S2. The lowest BCUT2D eigenvalue weighted by Gasteiger charge is -2.15. The van der Waals surface area contributed by atoms with E-state index in [1.165, 1.54) is 12.1 Å². The normalized spacial score (nSPS) is 12.0. The maximum atomic E-state index is 12.8. The molecule has 0 aliphatic carbocycles. The van der Waals surface area contributed by atoms with E-state index in [9.17, 15) is 37.8 Å². The summed E-state index contributed by atoms with van der Waals surface area (Å²) >= 11 is 7.05. The van der Waals surface area contributed by atoms with Crippen molar-refractivity contribution in [1.82, 2.24) is 10.0 Å². The standard InChI is InChI=1S/C26H25ClN2O9S2/c27-19-6-2-1-4-15(19)5-3-7-22(31)20(13-24(32)33)29-25(34)23-11-8-16(39-23)14-28-40(37,38)17-9-10-21(30)18(12-17)26(35)36/h1-2,4,6,8-12,20,28,30H,3,5,7,13-14H2,(H,29,34)(H,32,33)(H,35,36). The molecule has 2 aromatic carbocycles. The number of hydrogen-bond donors (Lipinski definition) is 5. The van der Waals surface area contributed by atoms with Crippen molar-refractivity contribution in [3.63, 3.8) is 0 Å². The van der Waals surface area contributed by atoms with Gasteiger partial charge in [0.1, 0.15) is 11.3 Å². The molecule has 0 aliphatic heterocycles. The number of carbonyl (C=O) groups excluding carboxylic acids is 2. The molecule has 0 bridgehead atoms. The van der Waals surface area contributed by atoms with E-state index >= 15 is 0 Å². The lowest BCUT2D eigenvalue weighted by molar-refractivity contribution is -0.139. The summed E-state index contributed by atoms with van der Waals surface area (Å²) in [4.78, 5) is 48.2. The van der Waals surface area contributed by atoms with Crippen LogP contribution in [0.2, 0.25) is 5.02 Å². The highest BCUT2D eigenvalue weighted by Gasteiger charge is 2.25. The van der Waals surface area contributed by atoms with Crippen molar-refractivity contribution in [2.75, 3.05) is 0 Å². The number of aromatic hydroxyl groups is 1. The topological polar surface area (TPSA) is 187 Å². The first-order valence-corrected chi connectivity index (χ1v) is 14.5. The number of carboxylic acids is 2. The van der Waals surface area contributed by atoms with Gasteiger partial charge < -0.3 is 20.6 Å². The minimum atomic E-state index is -4.15. The number of nitrogens with one attached hydrogen (secondary N) is 2. The number of aryl methyl sites for hydroxylation is 1. The van der Waals surface area contributed by atoms with Crippen LogP contribution < -0.4 is 10.0 Å². The summed E-state index contributed by atoms with van der Waals surface area (Å²) in [6.45, 7) is -0.233. The fraction of sp³-hybridized carbons (Fsp3) is 0.231.